The van der Waals surface area contributed by atoms with Crippen LogP contribution < -0.4 is 15.6 Å². The molecule has 2 amide bonds. The van der Waals surface area contributed by atoms with Gasteiger partial charge in [-0.25, -0.2) is 9.48 Å². The first-order valence-corrected chi connectivity index (χ1v) is 9.69. The van der Waals surface area contributed by atoms with Crippen LogP contribution in [0.4, 0.5) is 4.79 Å². The zero-order chi connectivity index (χ0) is 20.2. The number of ether oxygens (including phenoxy) is 1. The first kappa shape index (κ1) is 18.9. The molecule has 0 saturated heterocycles. The number of aromatic amines is 1. The fourth-order valence-electron chi connectivity index (χ4n) is 3.55. The second kappa shape index (κ2) is 8.26. The zero-order valence-corrected chi connectivity index (χ0v) is 16.4. The molecule has 0 saturated carbocycles. The molecule has 1 aliphatic rings. The van der Waals surface area contributed by atoms with E-state index in [1.165, 1.54) is 0 Å². The van der Waals surface area contributed by atoms with Gasteiger partial charge in [0.2, 0.25) is 0 Å². The van der Waals surface area contributed by atoms with E-state index in [9.17, 15) is 9.59 Å². The molecule has 0 atom stereocenters. The van der Waals surface area contributed by atoms with Gasteiger partial charge in [-0.1, -0.05) is 30.3 Å². The van der Waals surface area contributed by atoms with Crippen LogP contribution >= 0.6 is 0 Å². The highest BCUT2D eigenvalue weighted by Gasteiger charge is 2.25. The number of aromatic nitrogens is 2. The molecule has 150 valence electrons. The number of hydrogen-bond acceptors (Lipinski definition) is 3. The molecule has 3 aromatic rings. The highest BCUT2D eigenvalue weighted by Crippen LogP contribution is 2.16. The minimum Gasteiger partial charge on any atom is -0.497 e. The molecule has 0 spiro atoms. The molecular weight excluding hydrogens is 368 g/mol. The molecule has 2 heterocycles. The Morgan fingerprint density at radius 3 is 2.62 bits per heavy atom. The minimum absolute atomic E-state index is 0.0954. The number of para-hydroxylation sites is 1. The number of carbonyl (C=O) groups is 1. The van der Waals surface area contributed by atoms with E-state index in [0.717, 1.165) is 29.1 Å². The minimum atomic E-state index is -0.143. The summed E-state index contributed by atoms with van der Waals surface area (Å²) in [5, 5.41) is 6.14. The van der Waals surface area contributed by atoms with Crippen molar-refractivity contribution in [2.45, 2.75) is 19.4 Å². The van der Waals surface area contributed by atoms with Gasteiger partial charge in [0.1, 0.15) is 5.75 Å². The molecule has 2 N–H and O–H groups in total. The van der Waals surface area contributed by atoms with E-state index < -0.39 is 0 Å². The zero-order valence-electron chi connectivity index (χ0n) is 16.4. The number of methoxy groups -OCH3 is 1. The highest BCUT2D eigenvalue weighted by atomic mass is 16.5. The predicted octanol–water partition coefficient (Wildman–Crippen LogP) is 2.48. The summed E-state index contributed by atoms with van der Waals surface area (Å²) in [5.41, 5.74) is 3.39. The molecule has 0 radical (unpaired) electrons. The summed E-state index contributed by atoms with van der Waals surface area (Å²) in [6.07, 6.45) is 1.37. The van der Waals surface area contributed by atoms with E-state index in [1.807, 2.05) is 54.6 Å². The van der Waals surface area contributed by atoms with Crippen LogP contribution in [0.5, 0.6) is 5.75 Å². The van der Waals surface area contributed by atoms with E-state index in [-0.39, 0.29) is 11.6 Å². The molecule has 7 heteroatoms. The lowest BCUT2D eigenvalue weighted by molar-refractivity contribution is 0.192. The van der Waals surface area contributed by atoms with E-state index in [4.69, 9.17) is 4.74 Å². The largest absolute Gasteiger partial charge is 0.497 e. The van der Waals surface area contributed by atoms with Gasteiger partial charge in [-0.3, -0.25) is 9.89 Å². The monoisotopic (exact) mass is 392 g/mol. The Morgan fingerprint density at radius 2 is 1.90 bits per heavy atom. The molecule has 4 rings (SSSR count). The van der Waals surface area contributed by atoms with Crippen molar-refractivity contribution in [3.63, 3.8) is 0 Å². The number of urea groups is 1. The van der Waals surface area contributed by atoms with Crippen molar-refractivity contribution in [1.29, 1.82) is 0 Å². The van der Waals surface area contributed by atoms with Crippen molar-refractivity contribution in [3.05, 3.63) is 81.8 Å². The second-order valence-electron chi connectivity index (χ2n) is 7.05. The maximum absolute atomic E-state index is 12.8. The van der Waals surface area contributed by atoms with Crippen LogP contribution in [-0.4, -0.2) is 40.9 Å². The number of fused-ring (bicyclic) bond motifs is 1. The van der Waals surface area contributed by atoms with Crippen molar-refractivity contribution in [3.8, 4) is 11.4 Å². The third-order valence-corrected chi connectivity index (χ3v) is 5.20. The van der Waals surface area contributed by atoms with Crippen molar-refractivity contribution >= 4 is 6.03 Å². The third-order valence-electron chi connectivity index (χ3n) is 5.20. The first-order valence-electron chi connectivity index (χ1n) is 9.69. The van der Waals surface area contributed by atoms with Gasteiger partial charge in [-0.2, -0.15) is 0 Å². The number of amides is 2. The van der Waals surface area contributed by atoms with Gasteiger partial charge < -0.3 is 15.0 Å². The Hall–Kier alpha value is -3.48. The van der Waals surface area contributed by atoms with E-state index in [2.05, 4.69) is 10.4 Å². The van der Waals surface area contributed by atoms with Crippen LogP contribution in [0.25, 0.3) is 5.69 Å². The molecule has 0 fully saturated rings. The van der Waals surface area contributed by atoms with E-state index in [1.54, 1.807) is 16.7 Å². The number of benzene rings is 2. The van der Waals surface area contributed by atoms with Crippen LogP contribution in [0.3, 0.4) is 0 Å². The lowest BCUT2D eigenvalue weighted by atomic mass is 10.1. The lowest BCUT2D eigenvalue weighted by Crippen LogP contribution is -2.44. The molecule has 0 aliphatic carbocycles. The SMILES string of the molecule is COc1ccc(CCNC(=O)N2CCc3[nH]n(-c4ccccc4)c(=O)c3C2)cc1. The Kier molecular flexibility index (Phi) is 5.37. The average molecular weight is 392 g/mol. The summed E-state index contributed by atoms with van der Waals surface area (Å²) in [6.45, 7) is 1.44. The number of carbonyl (C=O) groups excluding carboxylic acids is 1. The fourth-order valence-corrected chi connectivity index (χ4v) is 3.55. The quantitative estimate of drug-likeness (QED) is 0.700. The topological polar surface area (TPSA) is 79.4 Å². The second-order valence-corrected chi connectivity index (χ2v) is 7.05. The number of nitrogens with one attached hydrogen (secondary N) is 2. The summed E-state index contributed by atoms with van der Waals surface area (Å²) in [6, 6.07) is 17.1. The van der Waals surface area contributed by atoms with Gasteiger partial charge in [0.15, 0.2) is 0 Å². The molecule has 1 aromatic heterocycles. The first-order chi connectivity index (χ1) is 14.2. The highest BCUT2D eigenvalue weighted by molar-refractivity contribution is 5.74. The average Bonchev–Trinajstić information content (AvgIpc) is 3.10. The van der Waals surface area contributed by atoms with E-state index in [0.29, 0.717) is 31.6 Å². The smallest absolute Gasteiger partial charge is 0.317 e. The van der Waals surface area contributed by atoms with Crippen LogP contribution in [-0.2, 0) is 19.4 Å². The van der Waals surface area contributed by atoms with Gasteiger partial charge in [0, 0.05) is 25.2 Å². The van der Waals surface area contributed by atoms with Crippen LogP contribution in [0.15, 0.2) is 59.4 Å². The predicted molar refractivity (Wildman–Crippen MR) is 111 cm³/mol. The van der Waals surface area contributed by atoms with Crippen molar-refractivity contribution in [2.24, 2.45) is 0 Å². The third kappa shape index (κ3) is 4.03. The van der Waals surface area contributed by atoms with Crippen LogP contribution in [0.1, 0.15) is 16.8 Å². The number of H-pyrrole nitrogens is 1. The Balaban J connectivity index is 1.37. The molecule has 2 aromatic carbocycles. The molecule has 0 bridgehead atoms. The maximum atomic E-state index is 12.8. The summed E-state index contributed by atoms with van der Waals surface area (Å²) in [4.78, 5) is 27.1. The summed E-state index contributed by atoms with van der Waals surface area (Å²) < 4.78 is 6.70. The number of nitrogens with zero attached hydrogens (tertiary/aromatic N) is 2. The molecule has 7 nitrogen and oxygen atoms in total. The Bertz CT molecular complexity index is 1040. The molecule has 29 heavy (non-hydrogen) atoms. The Labute approximate surface area is 168 Å². The fraction of sp³-hybridized carbons (Fsp3) is 0.273. The van der Waals surface area contributed by atoms with Crippen molar-refractivity contribution < 1.29 is 9.53 Å². The van der Waals surface area contributed by atoms with Gasteiger partial charge in [0.05, 0.1) is 24.9 Å². The molecular formula is C22H24N4O3. The Morgan fingerprint density at radius 1 is 1.14 bits per heavy atom. The standard InChI is InChI=1S/C22H24N4O3/c1-29-18-9-7-16(8-10-18)11-13-23-22(28)25-14-12-20-19(15-25)21(27)26(24-20)17-5-3-2-4-6-17/h2-10,24H,11-15H2,1H3,(H,23,28). The lowest BCUT2D eigenvalue weighted by Gasteiger charge is -2.26. The van der Waals surface area contributed by atoms with Crippen molar-refractivity contribution in [2.75, 3.05) is 20.2 Å². The molecule has 0 unspecified atom stereocenters. The maximum Gasteiger partial charge on any atom is 0.317 e. The molecule has 1 aliphatic heterocycles. The summed E-state index contributed by atoms with van der Waals surface area (Å²) in [5.74, 6) is 0.814. The van der Waals surface area contributed by atoms with Crippen molar-refractivity contribution in [1.82, 2.24) is 20.0 Å². The van der Waals surface area contributed by atoms with Gasteiger partial charge in [-0.15, -0.1) is 0 Å². The van der Waals surface area contributed by atoms with Gasteiger partial charge >= 0.3 is 6.03 Å². The number of hydrogen-bond donors (Lipinski definition) is 2. The summed E-state index contributed by atoms with van der Waals surface area (Å²) in [7, 11) is 1.64. The normalized spacial score (nSPS) is 13.1. The van der Waals surface area contributed by atoms with Gasteiger partial charge in [0.25, 0.3) is 5.56 Å². The van der Waals surface area contributed by atoms with Crippen LogP contribution in [0, 0.1) is 0 Å². The number of rotatable bonds is 5. The summed E-state index contributed by atoms with van der Waals surface area (Å²) >= 11 is 0. The van der Waals surface area contributed by atoms with E-state index >= 15 is 0 Å². The van der Waals surface area contributed by atoms with Crippen LogP contribution in [0.2, 0.25) is 0 Å². The van der Waals surface area contributed by atoms with Gasteiger partial charge in [-0.05, 0) is 36.2 Å².